The molecule has 0 saturated heterocycles. The molecule has 0 heterocycles. The SMILES string of the molecule is COc1ccc(C(Br)c2ccc(C(F)(F)F)cc2)c(Br)c1. The highest BCUT2D eigenvalue weighted by molar-refractivity contribution is 9.11. The fraction of sp³-hybridized carbons (Fsp3) is 0.200. The number of benzene rings is 2. The number of methoxy groups -OCH3 is 1. The van der Waals surface area contributed by atoms with Gasteiger partial charge < -0.3 is 4.74 Å². The van der Waals surface area contributed by atoms with Gasteiger partial charge in [0.2, 0.25) is 0 Å². The van der Waals surface area contributed by atoms with Crippen LogP contribution >= 0.6 is 31.9 Å². The molecule has 0 spiro atoms. The number of halogens is 5. The largest absolute Gasteiger partial charge is 0.497 e. The third-order valence-corrected chi connectivity index (χ3v) is 4.72. The minimum atomic E-state index is -4.32. The van der Waals surface area contributed by atoms with E-state index in [0.29, 0.717) is 5.75 Å². The van der Waals surface area contributed by atoms with Gasteiger partial charge in [-0.1, -0.05) is 50.1 Å². The summed E-state index contributed by atoms with van der Waals surface area (Å²) in [5.41, 5.74) is 1.00. The smallest absolute Gasteiger partial charge is 0.416 e. The highest BCUT2D eigenvalue weighted by Crippen LogP contribution is 2.38. The maximum Gasteiger partial charge on any atom is 0.416 e. The Hall–Kier alpha value is -1.01. The molecule has 2 aromatic rings. The van der Waals surface area contributed by atoms with Crippen molar-refractivity contribution in [3.8, 4) is 5.75 Å². The van der Waals surface area contributed by atoms with E-state index >= 15 is 0 Å². The highest BCUT2D eigenvalue weighted by atomic mass is 79.9. The van der Waals surface area contributed by atoms with Crippen LogP contribution in [0.15, 0.2) is 46.9 Å². The quantitative estimate of drug-likeness (QED) is 0.553. The molecule has 6 heteroatoms. The van der Waals surface area contributed by atoms with E-state index in [-0.39, 0.29) is 4.83 Å². The summed E-state index contributed by atoms with van der Waals surface area (Å²) in [6, 6.07) is 10.6. The molecule has 0 aromatic heterocycles. The lowest BCUT2D eigenvalue weighted by Gasteiger charge is -2.15. The first-order valence-corrected chi connectivity index (χ1v) is 7.68. The van der Waals surface area contributed by atoms with Crippen LogP contribution in [-0.4, -0.2) is 7.11 Å². The Kier molecular flexibility index (Phi) is 4.99. The summed E-state index contributed by atoms with van der Waals surface area (Å²) in [5, 5.41) is 0. The predicted molar refractivity (Wildman–Crippen MR) is 82.9 cm³/mol. The fourth-order valence-corrected chi connectivity index (χ4v) is 3.46. The molecule has 0 bridgehead atoms. The van der Waals surface area contributed by atoms with Gasteiger partial charge in [-0.15, -0.1) is 0 Å². The van der Waals surface area contributed by atoms with Crippen LogP contribution in [0.2, 0.25) is 0 Å². The Morgan fingerprint density at radius 3 is 2.14 bits per heavy atom. The molecule has 21 heavy (non-hydrogen) atoms. The summed E-state index contributed by atoms with van der Waals surface area (Å²) in [6.45, 7) is 0. The third kappa shape index (κ3) is 3.80. The second-order valence-corrected chi connectivity index (χ2v) is 6.14. The fourth-order valence-electron chi connectivity index (χ4n) is 1.86. The van der Waals surface area contributed by atoms with Crippen molar-refractivity contribution in [1.82, 2.24) is 0 Å². The molecule has 0 aliphatic heterocycles. The summed E-state index contributed by atoms with van der Waals surface area (Å²) in [6.07, 6.45) is -4.32. The van der Waals surface area contributed by atoms with Gasteiger partial charge in [-0.2, -0.15) is 13.2 Å². The van der Waals surface area contributed by atoms with Crippen molar-refractivity contribution in [2.24, 2.45) is 0 Å². The first-order valence-electron chi connectivity index (χ1n) is 5.97. The van der Waals surface area contributed by atoms with E-state index in [4.69, 9.17) is 4.74 Å². The zero-order valence-corrected chi connectivity index (χ0v) is 14.1. The number of alkyl halides is 4. The lowest BCUT2D eigenvalue weighted by Crippen LogP contribution is -2.05. The molecule has 0 N–H and O–H groups in total. The van der Waals surface area contributed by atoms with Crippen LogP contribution in [0.4, 0.5) is 13.2 Å². The van der Waals surface area contributed by atoms with Crippen molar-refractivity contribution in [2.45, 2.75) is 11.0 Å². The molecule has 1 nitrogen and oxygen atoms in total. The standard InChI is InChI=1S/C15H11Br2F3O/c1-21-11-6-7-12(13(16)8-11)14(17)9-2-4-10(5-3-9)15(18,19)20/h2-8,14H,1H3. The van der Waals surface area contributed by atoms with Gasteiger partial charge in [-0.25, -0.2) is 0 Å². The third-order valence-electron chi connectivity index (χ3n) is 3.01. The number of hydrogen-bond acceptors (Lipinski definition) is 1. The predicted octanol–water partition coefficient (Wildman–Crippen LogP) is 5.96. The molecule has 0 radical (unpaired) electrons. The lowest BCUT2D eigenvalue weighted by atomic mass is 10.0. The Bertz CT molecular complexity index is 624. The van der Waals surface area contributed by atoms with E-state index in [2.05, 4.69) is 31.9 Å². The number of hydrogen-bond donors (Lipinski definition) is 0. The van der Waals surface area contributed by atoms with E-state index in [9.17, 15) is 13.2 Å². The highest BCUT2D eigenvalue weighted by Gasteiger charge is 2.30. The molecule has 0 fully saturated rings. The molecule has 0 saturated carbocycles. The minimum Gasteiger partial charge on any atom is -0.497 e. The summed E-state index contributed by atoms with van der Waals surface area (Å²) in [4.78, 5) is -0.208. The topological polar surface area (TPSA) is 9.23 Å². The van der Waals surface area contributed by atoms with E-state index in [0.717, 1.165) is 27.7 Å². The van der Waals surface area contributed by atoms with Gasteiger partial charge in [0.15, 0.2) is 0 Å². The van der Waals surface area contributed by atoms with Crippen LogP contribution in [0.5, 0.6) is 5.75 Å². The first-order chi connectivity index (χ1) is 9.82. The summed E-state index contributed by atoms with van der Waals surface area (Å²) in [7, 11) is 1.57. The van der Waals surface area contributed by atoms with Gasteiger partial charge in [0.05, 0.1) is 17.5 Å². The Morgan fingerprint density at radius 2 is 1.67 bits per heavy atom. The maximum absolute atomic E-state index is 12.6. The molecule has 0 aliphatic rings. The minimum absolute atomic E-state index is 0.208. The van der Waals surface area contributed by atoms with E-state index < -0.39 is 11.7 Å². The number of ether oxygens (including phenoxy) is 1. The molecule has 2 rings (SSSR count). The molecule has 2 aromatic carbocycles. The van der Waals surface area contributed by atoms with Crippen molar-refractivity contribution in [2.75, 3.05) is 7.11 Å². The zero-order chi connectivity index (χ0) is 15.6. The number of rotatable bonds is 3. The molecule has 1 unspecified atom stereocenters. The van der Waals surface area contributed by atoms with E-state index in [1.165, 1.54) is 12.1 Å². The van der Waals surface area contributed by atoms with Crippen molar-refractivity contribution in [1.29, 1.82) is 0 Å². The molecular weight excluding hydrogens is 413 g/mol. The van der Waals surface area contributed by atoms with Gasteiger partial charge in [0.25, 0.3) is 0 Å². The van der Waals surface area contributed by atoms with Crippen LogP contribution in [0.3, 0.4) is 0 Å². The van der Waals surface area contributed by atoms with Crippen LogP contribution < -0.4 is 4.74 Å². The Balaban J connectivity index is 2.30. The normalized spacial score (nSPS) is 13.0. The lowest BCUT2D eigenvalue weighted by molar-refractivity contribution is -0.137. The van der Waals surface area contributed by atoms with Crippen molar-refractivity contribution < 1.29 is 17.9 Å². The monoisotopic (exact) mass is 422 g/mol. The maximum atomic E-state index is 12.6. The van der Waals surface area contributed by atoms with Crippen LogP contribution in [0, 0.1) is 0 Å². The molecule has 0 aliphatic carbocycles. The molecule has 0 amide bonds. The first kappa shape index (κ1) is 16.4. The molecule has 1 atom stereocenters. The van der Waals surface area contributed by atoms with E-state index in [1.807, 2.05) is 12.1 Å². The second kappa shape index (κ2) is 6.40. The van der Waals surface area contributed by atoms with Crippen LogP contribution in [-0.2, 0) is 6.18 Å². The zero-order valence-electron chi connectivity index (χ0n) is 10.9. The Morgan fingerprint density at radius 1 is 1.05 bits per heavy atom. The van der Waals surface area contributed by atoms with E-state index in [1.54, 1.807) is 13.2 Å². The average Bonchev–Trinajstić information content (AvgIpc) is 2.45. The van der Waals surface area contributed by atoms with Gasteiger partial charge in [0.1, 0.15) is 5.75 Å². The van der Waals surface area contributed by atoms with Crippen molar-refractivity contribution in [3.63, 3.8) is 0 Å². The summed E-state index contributed by atoms with van der Waals surface area (Å²) < 4.78 is 43.6. The van der Waals surface area contributed by atoms with Crippen molar-refractivity contribution >= 4 is 31.9 Å². The second-order valence-electron chi connectivity index (χ2n) is 4.37. The van der Waals surface area contributed by atoms with Gasteiger partial charge >= 0.3 is 6.18 Å². The molecular formula is C15H11Br2F3O. The summed E-state index contributed by atoms with van der Waals surface area (Å²) in [5.74, 6) is 0.706. The van der Waals surface area contributed by atoms with Gasteiger partial charge in [-0.05, 0) is 35.4 Å². The van der Waals surface area contributed by atoms with Crippen molar-refractivity contribution in [3.05, 3.63) is 63.6 Å². The average molecular weight is 424 g/mol. The van der Waals surface area contributed by atoms with Crippen LogP contribution in [0.25, 0.3) is 0 Å². The Labute approximate surface area is 137 Å². The summed E-state index contributed by atoms with van der Waals surface area (Å²) >= 11 is 6.96. The molecule has 112 valence electrons. The van der Waals surface area contributed by atoms with Crippen LogP contribution in [0.1, 0.15) is 21.5 Å². The van der Waals surface area contributed by atoms with Gasteiger partial charge in [0, 0.05) is 4.47 Å². The van der Waals surface area contributed by atoms with Gasteiger partial charge in [-0.3, -0.25) is 0 Å².